The Morgan fingerprint density at radius 3 is 2.53 bits per heavy atom. The average Bonchev–Trinajstić information content (AvgIpc) is 2.82. The fourth-order valence-electron chi connectivity index (χ4n) is 3.37. The Labute approximate surface area is 92.0 Å². The molecule has 2 aliphatic carbocycles. The summed E-state index contributed by atoms with van der Waals surface area (Å²) in [6, 6.07) is 4.55. The van der Waals surface area contributed by atoms with Crippen LogP contribution in [0.2, 0.25) is 0 Å². The van der Waals surface area contributed by atoms with Gasteiger partial charge in [0.2, 0.25) is 0 Å². The van der Waals surface area contributed by atoms with Gasteiger partial charge in [-0.25, -0.2) is 0 Å². The maximum absolute atomic E-state index is 2.48. The Morgan fingerprint density at radius 1 is 1.13 bits per heavy atom. The molecular weight excluding hydrogens is 180 g/mol. The summed E-state index contributed by atoms with van der Waals surface area (Å²) in [5.74, 6) is 0.811. The largest absolute Gasteiger partial charge is 0.0770 e. The lowest BCUT2D eigenvalue weighted by Gasteiger charge is -2.25. The monoisotopic (exact) mass is 198 g/mol. The minimum atomic E-state index is 0.463. The number of benzene rings is 1. The van der Waals surface area contributed by atoms with Gasteiger partial charge in [0, 0.05) is 5.41 Å². The smallest absolute Gasteiger partial charge is 0.000263 e. The van der Waals surface area contributed by atoms with Crippen LogP contribution in [0.1, 0.15) is 42.5 Å². The summed E-state index contributed by atoms with van der Waals surface area (Å²) in [7, 11) is 0. The third-order valence-corrected chi connectivity index (χ3v) is 4.34. The predicted molar refractivity (Wildman–Crippen MR) is 65.0 cm³/mol. The van der Waals surface area contributed by atoms with E-state index in [0.717, 1.165) is 5.92 Å². The van der Waals surface area contributed by atoms with E-state index in [2.05, 4.69) is 45.9 Å². The molecule has 2 atom stereocenters. The van der Waals surface area contributed by atoms with E-state index in [0.29, 0.717) is 5.41 Å². The number of allylic oxidation sites excluding steroid dienone is 2. The van der Waals surface area contributed by atoms with E-state index in [1.54, 1.807) is 5.56 Å². The maximum Gasteiger partial charge on any atom is 0.000263 e. The number of hydrogen-bond donors (Lipinski definition) is 0. The first-order chi connectivity index (χ1) is 7.04. The summed E-state index contributed by atoms with van der Waals surface area (Å²) in [5.41, 5.74) is 8.04. The second kappa shape index (κ2) is 2.55. The Hall–Kier alpha value is -1.04. The molecule has 0 amide bonds. The highest BCUT2D eigenvalue weighted by Crippen LogP contribution is 2.60. The van der Waals surface area contributed by atoms with Gasteiger partial charge in [-0.15, -0.1) is 0 Å². The van der Waals surface area contributed by atoms with Gasteiger partial charge in [-0.05, 0) is 60.9 Å². The molecule has 78 valence electrons. The molecule has 1 fully saturated rings. The van der Waals surface area contributed by atoms with E-state index in [1.807, 2.05) is 0 Å². The van der Waals surface area contributed by atoms with Crippen LogP contribution >= 0.6 is 0 Å². The lowest BCUT2D eigenvalue weighted by Crippen LogP contribution is -2.14. The van der Waals surface area contributed by atoms with Crippen LogP contribution in [-0.4, -0.2) is 0 Å². The van der Waals surface area contributed by atoms with Gasteiger partial charge in [-0.1, -0.05) is 25.1 Å². The first-order valence-corrected chi connectivity index (χ1v) is 5.83. The summed E-state index contributed by atoms with van der Waals surface area (Å²) in [6.07, 6.45) is 3.83. The standard InChI is InChI=1S/C15H18/c1-9-5-6-10(2)14-13(9)11(3)7-12-8-15(12,14)4/h5-7,12H,8H2,1-4H3. The first kappa shape index (κ1) is 9.21. The minimum absolute atomic E-state index is 0.463. The Balaban J connectivity index is 2.37. The Bertz CT molecular complexity index is 479. The third kappa shape index (κ3) is 1.03. The maximum atomic E-state index is 2.48. The van der Waals surface area contributed by atoms with Crippen molar-refractivity contribution >= 4 is 5.57 Å². The average molecular weight is 198 g/mol. The molecule has 0 heteroatoms. The second-order valence-electron chi connectivity index (χ2n) is 5.53. The van der Waals surface area contributed by atoms with Crippen molar-refractivity contribution in [1.82, 2.24) is 0 Å². The van der Waals surface area contributed by atoms with Gasteiger partial charge in [0.1, 0.15) is 0 Å². The third-order valence-electron chi connectivity index (χ3n) is 4.34. The van der Waals surface area contributed by atoms with Crippen LogP contribution in [0, 0.1) is 19.8 Å². The molecule has 0 heterocycles. The van der Waals surface area contributed by atoms with Crippen LogP contribution in [0.5, 0.6) is 0 Å². The molecule has 0 aromatic heterocycles. The van der Waals surface area contributed by atoms with E-state index >= 15 is 0 Å². The van der Waals surface area contributed by atoms with Gasteiger partial charge in [0.15, 0.2) is 0 Å². The van der Waals surface area contributed by atoms with Gasteiger partial charge in [-0.2, -0.15) is 0 Å². The van der Waals surface area contributed by atoms with Gasteiger partial charge in [0.05, 0.1) is 0 Å². The SMILES string of the molecule is CC1=CC2CC2(C)c2c(C)ccc(C)c21. The molecule has 2 aliphatic rings. The van der Waals surface area contributed by atoms with Gasteiger partial charge in [0.25, 0.3) is 0 Å². The van der Waals surface area contributed by atoms with Crippen LogP contribution in [-0.2, 0) is 5.41 Å². The van der Waals surface area contributed by atoms with Crippen molar-refractivity contribution in [3.05, 3.63) is 40.5 Å². The molecule has 0 radical (unpaired) electrons. The van der Waals surface area contributed by atoms with E-state index < -0.39 is 0 Å². The van der Waals surface area contributed by atoms with Crippen LogP contribution in [0.4, 0.5) is 0 Å². The molecule has 0 saturated heterocycles. The van der Waals surface area contributed by atoms with Crippen molar-refractivity contribution in [3.8, 4) is 0 Å². The van der Waals surface area contributed by atoms with Crippen molar-refractivity contribution < 1.29 is 0 Å². The molecule has 0 spiro atoms. The second-order valence-corrected chi connectivity index (χ2v) is 5.53. The van der Waals surface area contributed by atoms with Crippen molar-refractivity contribution in [3.63, 3.8) is 0 Å². The van der Waals surface area contributed by atoms with E-state index in [9.17, 15) is 0 Å². The van der Waals surface area contributed by atoms with Gasteiger partial charge >= 0.3 is 0 Å². The number of fused-ring (bicyclic) bond motifs is 3. The lowest BCUT2D eigenvalue weighted by molar-refractivity contribution is 0.717. The van der Waals surface area contributed by atoms with Crippen molar-refractivity contribution in [2.24, 2.45) is 5.92 Å². The molecular formula is C15H18. The molecule has 15 heavy (non-hydrogen) atoms. The minimum Gasteiger partial charge on any atom is -0.0770 e. The quantitative estimate of drug-likeness (QED) is 0.591. The highest BCUT2D eigenvalue weighted by atomic mass is 14.6. The highest BCUT2D eigenvalue weighted by molar-refractivity contribution is 5.76. The number of rotatable bonds is 0. The summed E-state index contributed by atoms with van der Waals surface area (Å²) in [6.45, 7) is 9.19. The normalized spacial score (nSPS) is 31.7. The summed E-state index contributed by atoms with van der Waals surface area (Å²) in [4.78, 5) is 0. The van der Waals surface area contributed by atoms with Crippen molar-refractivity contribution in [1.29, 1.82) is 0 Å². The Kier molecular flexibility index (Phi) is 1.57. The molecule has 0 bridgehead atoms. The first-order valence-electron chi connectivity index (χ1n) is 5.83. The van der Waals surface area contributed by atoms with E-state index in [-0.39, 0.29) is 0 Å². The fourth-order valence-corrected chi connectivity index (χ4v) is 3.37. The summed E-state index contributed by atoms with van der Waals surface area (Å²) < 4.78 is 0. The van der Waals surface area contributed by atoms with Crippen LogP contribution < -0.4 is 0 Å². The molecule has 0 nitrogen and oxygen atoms in total. The van der Waals surface area contributed by atoms with Crippen LogP contribution in [0.15, 0.2) is 18.2 Å². The van der Waals surface area contributed by atoms with E-state index in [4.69, 9.17) is 0 Å². The molecule has 2 unspecified atom stereocenters. The van der Waals surface area contributed by atoms with Crippen molar-refractivity contribution in [2.75, 3.05) is 0 Å². The summed E-state index contributed by atoms with van der Waals surface area (Å²) >= 11 is 0. The number of aryl methyl sites for hydroxylation is 2. The molecule has 1 aromatic rings. The topological polar surface area (TPSA) is 0 Å². The molecule has 1 saturated carbocycles. The molecule has 0 N–H and O–H groups in total. The zero-order valence-electron chi connectivity index (χ0n) is 10.0. The fraction of sp³-hybridized carbons (Fsp3) is 0.467. The highest BCUT2D eigenvalue weighted by Gasteiger charge is 2.53. The zero-order valence-corrected chi connectivity index (χ0v) is 10.0. The Morgan fingerprint density at radius 2 is 1.80 bits per heavy atom. The summed E-state index contributed by atoms with van der Waals surface area (Å²) in [5, 5.41) is 0. The van der Waals surface area contributed by atoms with Gasteiger partial charge in [-0.3, -0.25) is 0 Å². The molecule has 3 rings (SSSR count). The number of hydrogen-bond acceptors (Lipinski definition) is 0. The molecule has 0 aliphatic heterocycles. The van der Waals surface area contributed by atoms with Gasteiger partial charge < -0.3 is 0 Å². The van der Waals surface area contributed by atoms with Crippen molar-refractivity contribution in [2.45, 2.75) is 39.5 Å². The van der Waals surface area contributed by atoms with Crippen LogP contribution in [0.25, 0.3) is 5.57 Å². The lowest BCUT2D eigenvalue weighted by atomic mass is 9.79. The van der Waals surface area contributed by atoms with E-state index in [1.165, 1.54) is 28.7 Å². The predicted octanol–water partition coefficient (Wildman–Crippen LogP) is 4.00. The molecule has 1 aromatic carbocycles. The van der Waals surface area contributed by atoms with Crippen LogP contribution in [0.3, 0.4) is 0 Å². The zero-order chi connectivity index (χ0) is 10.8.